The molecule has 2 aromatic rings. The summed E-state index contributed by atoms with van der Waals surface area (Å²) in [5, 5.41) is 12.1. The van der Waals surface area contributed by atoms with E-state index >= 15 is 0 Å². The van der Waals surface area contributed by atoms with Crippen LogP contribution in [-0.4, -0.2) is 40.3 Å². The van der Waals surface area contributed by atoms with E-state index in [0.717, 1.165) is 15.2 Å². The molecule has 118 valence electrons. The number of nitrogens with zero attached hydrogens (tertiary/aromatic N) is 3. The summed E-state index contributed by atoms with van der Waals surface area (Å²) in [5.74, 6) is 0.0732. The highest BCUT2D eigenvalue weighted by atomic mass is 32.2. The van der Waals surface area contributed by atoms with Crippen molar-refractivity contribution in [2.75, 3.05) is 19.4 Å². The predicted molar refractivity (Wildman–Crippen MR) is 93.1 cm³/mol. The molecule has 0 fully saturated rings. The third-order valence-corrected chi connectivity index (χ3v) is 5.11. The van der Waals surface area contributed by atoms with Gasteiger partial charge in [0.2, 0.25) is 11.0 Å². The molecule has 0 radical (unpaired) electrons. The number of aryl methyl sites for hydroxylation is 2. The second kappa shape index (κ2) is 7.11. The van der Waals surface area contributed by atoms with E-state index in [0.29, 0.717) is 0 Å². The lowest BCUT2D eigenvalue weighted by molar-refractivity contribution is -0.127. The van der Waals surface area contributed by atoms with Crippen LogP contribution in [0.25, 0.3) is 0 Å². The normalized spacial score (nSPS) is 12.0. The van der Waals surface area contributed by atoms with Crippen LogP contribution >= 0.6 is 23.1 Å². The Bertz CT molecular complexity index is 669. The SMILES string of the molecule is Cc1ccc(Nc2nnc(S[C@H](C)C(=O)N(C)C)s2)c(C)c1. The zero-order valence-corrected chi connectivity index (χ0v) is 15.0. The number of rotatable bonds is 5. The van der Waals surface area contributed by atoms with E-state index in [1.807, 2.05) is 13.0 Å². The van der Waals surface area contributed by atoms with E-state index in [1.54, 1.807) is 19.0 Å². The minimum Gasteiger partial charge on any atom is -0.348 e. The summed E-state index contributed by atoms with van der Waals surface area (Å²) in [6, 6.07) is 6.22. The minimum absolute atomic E-state index is 0.0732. The van der Waals surface area contributed by atoms with Crippen molar-refractivity contribution >= 4 is 39.8 Å². The molecule has 0 aliphatic carbocycles. The molecule has 0 aliphatic heterocycles. The molecule has 2 rings (SSSR count). The third kappa shape index (κ3) is 4.20. The quantitative estimate of drug-likeness (QED) is 0.847. The van der Waals surface area contributed by atoms with E-state index in [9.17, 15) is 4.79 Å². The Labute approximate surface area is 139 Å². The van der Waals surface area contributed by atoms with Crippen molar-refractivity contribution in [3.63, 3.8) is 0 Å². The standard InChI is InChI=1S/C15H20N4OS2/c1-9-6-7-12(10(2)8-9)16-14-17-18-15(22-14)21-11(3)13(20)19(4)5/h6-8,11H,1-5H3,(H,16,17)/t11-/m1/s1. The highest BCUT2D eigenvalue weighted by Gasteiger charge is 2.18. The van der Waals surface area contributed by atoms with Gasteiger partial charge in [-0.15, -0.1) is 10.2 Å². The van der Waals surface area contributed by atoms with Crippen molar-refractivity contribution in [1.29, 1.82) is 0 Å². The van der Waals surface area contributed by atoms with Gasteiger partial charge in [-0.2, -0.15) is 0 Å². The molecule has 1 N–H and O–H groups in total. The summed E-state index contributed by atoms with van der Waals surface area (Å²) < 4.78 is 0.787. The molecular weight excluding hydrogens is 316 g/mol. The van der Waals surface area contributed by atoms with Gasteiger partial charge in [0.1, 0.15) is 0 Å². The van der Waals surface area contributed by atoms with E-state index in [2.05, 4.69) is 41.5 Å². The number of carbonyl (C=O) groups excluding carboxylic acids is 1. The molecule has 7 heteroatoms. The molecule has 0 spiro atoms. The average molecular weight is 336 g/mol. The number of hydrogen-bond donors (Lipinski definition) is 1. The fraction of sp³-hybridized carbons (Fsp3) is 0.400. The average Bonchev–Trinajstić information content (AvgIpc) is 2.88. The molecular formula is C15H20N4OS2. The van der Waals surface area contributed by atoms with Gasteiger partial charge in [0.25, 0.3) is 0 Å². The molecule has 1 amide bonds. The van der Waals surface area contributed by atoms with E-state index in [-0.39, 0.29) is 11.2 Å². The largest absolute Gasteiger partial charge is 0.348 e. The Morgan fingerprint density at radius 3 is 2.68 bits per heavy atom. The van der Waals surface area contributed by atoms with E-state index in [1.165, 1.54) is 34.2 Å². The van der Waals surface area contributed by atoms with Crippen molar-refractivity contribution in [1.82, 2.24) is 15.1 Å². The Hall–Kier alpha value is -1.60. The fourth-order valence-corrected chi connectivity index (χ4v) is 4.00. The summed E-state index contributed by atoms with van der Waals surface area (Å²) in [4.78, 5) is 13.5. The summed E-state index contributed by atoms with van der Waals surface area (Å²) in [7, 11) is 3.51. The Kier molecular flexibility index (Phi) is 5.42. The Balaban J connectivity index is 2.04. The van der Waals surface area contributed by atoms with Crippen molar-refractivity contribution < 1.29 is 4.79 Å². The lowest BCUT2D eigenvalue weighted by Gasteiger charge is -2.14. The van der Waals surface area contributed by atoms with Gasteiger partial charge in [-0.25, -0.2) is 0 Å². The molecule has 0 saturated heterocycles. The van der Waals surface area contributed by atoms with Gasteiger partial charge in [0, 0.05) is 19.8 Å². The van der Waals surface area contributed by atoms with Crippen molar-refractivity contribution in [3.8, 4) is 0 Å². The molecule has 1 aromatic heterocycles. The first-order valence-corrected chi connectivity index (χ1v) is 8.62. The number of carbonyl (C=O) groups is 1. The second-order valence-corrected chi connectivity index (χ2v) is 7.87. The molecule has 1 aromatic carbocycles. The van der Waals surface area contributed by atoms with Crippen LogP contribution in [0.4, 0.5) is 10.8 Å². The smallest absolute Gasteiger partial charge is 0.235 e. The molecule has 0 aliphatic rings. The molecule has 1 heterocycles. The Morgan fingerprint density at radius 2 is 2.05 bits per heavy atom. The topological polar surface area (TPSA) is 58.1 Å². The molecule has 0 bridgehead atoms. The maximum absolute atomic E-state index is 11.9. The highest BCUT2D eigenvalue weighted by Crippen LogP contribution is 2.31. The first-order valence-electron chi connectivity index (χ1n) is 6.92. The van der Waals surface area contributed by atoms with Gasteiger partial charge in [-0.1, -0.05) is 40.8 Å². The maximum Gasteiger partial charge on any atom is 0.235 e. The molecule has 0 unspecified atom stereocenters. The Morgan fingerprint density at radius 1 is 1.32 bits per heavy atom. The molecule has 0 saturated carbocycles. The lowest BCUT2D eigenvalue weighted by atomic mass is 10.1. The van der Waals surface area contributed by atoms with Gasteiger partial charge in [0.15, 0.2) is 4.34 Å². The first-order chi connectivity index (χ1) is 10.4. The number of nitrogens with one attached hydrogen (secondary N) is 1. The summed E-state index contributed by atoms with van der Waals surface area (Å²) in [5.41, 5.74) is 3.42. The van der Waals surface area contributed by atoms with Crippen molar-refractivity contribution in [2.24, 2.45) is 0 Å². The predicted octanol–water partition coefficient (Wildman–Crippen LogP) is 3.47. The number of hydrogen-bond acceptors (Lipinski definition) is 6. The van der Waals surface area contributed by atoms with Crippen LogP contribution in [0.5, 0.6) is 0 Å². The molecule has 22 heavy (non-hydrogen) atoms. The number of benzene rings is 1. The summed E-state index contributed by atoms with van der Waals surface area (Å²) in [6.45, 7) is 6.01. The monoisotopic (exact) mass is 336 g/mol. The van der Waals surface area contributed by atoms with E-state index < -0.39 is 0 Å². The van der Waals surface area contributed by atoms with Crippen LogP contribution < -0.4 is 5.32 Å². The van der Waals surface area contributed by atoms with Gasteiger partial charge >= 0.3 is 0 Å². The van der Waals surface area contributed by atoms with Crippen LogP contribution in [0.2, 0.25) is 0 Å². The maximum atomic E-state index is 11.9. The molecule has 5 nitrogen and oxygen atoms in total. The number of aromatic nitrogens is 2. The van der Waals surface area contributed by atoms with Crippen molar-refractivity contribution in [3.05, 3.63) is 29.3 Å². The zero-order valence-electron chi connectivity index (χ0n) is 13.4. The zero-order chi connectivity index (χ0) is 16.3. The minimum atomic E-state index is -0.170. The number of amides is 1. The van der Waals surface area contributed by atoms with Crippen LogP contribution in [0.15, 0.2) is 22.5 Å². The lowest BCUT2D eigenvalue weighted by Crippen LogP contribution is -2.29. The van der Waals surface area contributed by atoms with Crippen LogP contribution in [0.1, 0.15) is 18.1 Å². The van der Waals surface area contributed by atoms with Crippen LogP contribution in [-0.2, 0) is 4.79 Å². The van der Waals surface area contributed by atoms with Crippen LogP contribution in [0, 0.1) is 13.8 Å². The summed E-state index contributed by atoms with van der Waals surface area (Å²) >= 11 is 2.89. The number of thioether (sulfide) groups is 1. The van der Waals surface area contributed by atoms with Gasteiger partial charge < -0.3 is 10.2 Å². The highest BCUT2D eigenvalue weighted by molar-refractivity contribution is 8.02. The van der Waals surface area contributed by atoms with Gasteiger partial charge in [-0.05, 0) is 32.4 Å². The van der Waals surface area contributed by atoms with E-state index in [4.69, 9.17) is 0 Å². The number of anilines is 2. The fourth-order valence-electron chi connectivity index (χ4n) is 1.94. The molecule has 1 atom stereocenters. The van der Waals surface area contributed by atoms with Gasteiger partial charge in [-0.3, -0.25) is 4.79 Å². The summed E-state index contributed by atoms with van der Waals surface area (Å²) in [6.07, 6.45) is 0. The third-order valence-electron chi connectivity index (χ3n) is 3.10. The van der Waals surface area contributed by atoms with Crippen molar-refractivity contribution in [2.45, 2.75) is 30.4 Å². The second-order valence-electron chi connectivity index (χ2n) is 5.31. The first kappa shape index (κ1) is 16.8. The van der Waals surface area contributed by atoms with Crippen LogP contribution in [0.3, 0.4) is 0 Å². The van der Waals surface area contributed by atoms with Gasteiger partial charge in [0.05, 0.1) is 5.25 Å².